The van der Waals surface area contributed by atoms with Crippen LogP contribution in [0.1, 0.15) is 93.8 Å². The first kappa shape index (κ1) is 19.9. The molecule has 0 aromatic carbocycles. The number of carbonyl (C=O) groups excluding carboxylic acids is 1. The fourth-order valence-corrected chi connectivity index (χ4v) is 5.85. The van der Waals surface area contributed by atoms with E-state index in [1.54, 1.807) is 11.3 Å². The summed E-state index contributed by atoms with van der Waals surface area (Å²) >= 11 is 1.74. The van der Waals surface area contributed by atoms with Gasteiger partial charge < -0.3 is 5.32 Å². The van der Waals surface area contributed by atoms with Crippen LogP contribution in [-0.4, -0.2) is 11.9 Å². The summed E-state index contributed by atoms with van der Waals surface area (Å²) in [6.45, 7) is 14.1. The summed E-state index contributed by atoms with van der Waals surface area (Å²) in [6, 6.07) is 2.55. The van der Waals surface area contributed by atoms with Crippen LogP contribution in [0.4, 0.5) is 0 Å². The Labute approximate surface area is 164 Å². The van der Waals surface area contributed by atoms with Crippen LogP contribution in [0.25, 0.3) is 0 Å². The molecule has 1 saturated carbocycles. The lowest BCUT2D eigenvalue weighted by atomic mass is 9.71. The van der Waals surface area contributed by atoms with Crippen LogP contribution in [0.3, 0.4) is 0 Å². The van der Waals surface area contributed by atoms with Crippen LogP contribution in [0.15, 0.2) is 6.07 Å². The van der Waals surface area contributed by atoms with Crippen LogP contribution in [0.5, 0.6) is 0 Å². The number of carbonyl (C=O) groups is 1. The third-order valence-corrected chi connectivity index (χ3v) is 8.05. The van der Waals surface area contributed by atoms with Crippen molar-refractivity contribution < 1.29 is 4.79 Å². The molecule has 1 heterocycles. The first-order valence-corrected chi connectivity index (χ1v) is 11.3. The Morgan fingerprint density at radius 3 is 2.15 bits per heavy atom. The van der Waals surface area contributed by atoms with Crippen molar-refractivity contribution in [1.82, 2.24) is 5.32 Å². The lowest BCUT2D eigenvalue weighted by Crippen LogP contribution is -2.39. The highest BCUT2D eigenvalue weighted by atomic mass is 32.1. The van der Waals surface area contributed by atoms with E-state index < -0.39 is 0 Å². The maximum Gasteiger partial charge on any atom is 0.261 e. The van der Waals surface area contributed by atoms with E-state index in [0.29, 0.717) is 16.9 Å². The Kier molecular flexibility index (Phi) is 5.59. The standard InChI is InChI=1S/C23H37NOS/c1-22(2,3)16-7-10-18(11-8-16)24-21(25)20-14-15-13-17(23(4,5)6)9-12-19(15)26-20/h14,16-18H,7-13H2,1-6H3,(H,24,25)/t16?,17-,18?/m0/s1. The van der Waals surface area contributed by atoms with Crippen molar-refractivity contribution in [2.75, 3.05) is 0 Å². The molecule has 1 N–H and O–H groups in total. The highest BCUT2D eigenvalue weighted by Crippen LogP contribution is 2.40. The lowest BCUT2D eigenvalue weighted by molar-refractivity contribution is 0.0908. The Bertz CT molecular complexity index is 638. The van der Waals surface area contributed by atoms with Crippen molar-refractivity contribution in [3.8, 4) is 0 Å². The molecular formula is C23H37NOS. The van der Waals surface area contributed by atoms with Gasteiger partial charge in [-0.15, -0.1) is 11.3 Å². The Hall–Kier alpha value is -0.830. The van der Waals surface area contributed by atoms with E-state index in [2.05, 4.69) is 52.9 Å². The van der Waals surface area contributed by atoms with Gasteiger partial charge in [0.25, 0.3) is 5.91 Å². The van der Waals surface area contributed by atoms with Gasteiger partial charge in [0, 0.05) is 10.9 Å². The van der Waals surface area contributed by atoms with E-state index in [0.717, 1.165) is 42.4 Å². The van der Waals surface area contributed by atoms with Crippen molar-refractivity contribution in [2.45, 2.75) is 92.5 Å². The monoisotopic (exact) mass is 375 g/mol. The van der Waals surface area contributed by atoms with Crippen LogP contribution in [0, 0.1) is 22.7 Å². The van der Waals surface area contributed by atoms with Gasteiger partial charge in [0.1, 0.15) is 0 Å². The Morgan fingerprint density at radius 1 is 0.962 bits per heavy atom. The Balaban J connectivity index is 1.58. The predicted octanol–water partition coefficient (Wildman–Crippen LogP) is 6.23. The van der Waals surface area contributed by atoms with E-state index in [1.807, 2.05) is 0 Å². The Morgan fingerprint density at radius 2 is 1.58 bits per heavy atom. The molecule has 1 atom stereocenters. The van der Waals surface area contributed by atoms with Crippen LogP contribution >= 0.6 is 11.3 Å². The molecule has 0 spiro atoms. The minimum absolute atomic E-state index is 0.163. The smallest absolute Gasteiger partial charge is 0.261 e. The maximum absolute atomic E-state index is 12.8. The summed E-state index contributed by atoms with van der Waals surface area (Å²) in [5.41, 5.74) is 2.18. The number of rotatable bonds is 2. The topological polar surface area (TPSA) is 29.1 Å². The summed E-state index contributed by atoms with van der Waals surface area (Å²) in [7, 11) is 0. The van der Waals surface area contributed by atoms with Gasteiger partial charge in [-0.05, 0) is 79.2 Å². The fraction of sp³-hybridized carbons (Fsp3) is 0.783. The van der Waals surface area contributed by atoms with Gasteiger partial charge in [0.2, 0.25) is 0 Å². The van der Waals surface area contributed by atoms with E-state index in [-0.39, 0.29) is 5.91 Å². The molecule has 0 unspecified atom stereocenters. The molecule has 1 fully saturated rings. The third kappa shape index (κ3) is 4.52. The molecule has 146 valence electrons. The van der Waals surface area contributed by atoms with E-state index in [9.17, 15) is 4.79 Å². The minimum atomic E-state index is 0.163. The number of amides is 1. The largest absolute Gasteiger partial charge is 0.349 e. The first-order valence-electron chi connectivity index (χ1n) is 10.5. The van der Waals surface area contributed by atoms with Gasteiger partial charge in [0.15, 0.2) is 0 Å². The molecule has 1 aromatic heterocycles. The molecule has 0 radical (unpaired) electrons. The second-order valence-corrected chi connectivity index (χ2v) is 11.9. The highest BCUT2D eigenvalue weighted by molar-refractivity contribution is 7.14. The zero-order valence-electron chi connectivity index (χ0n) is 17.6. The second kappa shape index (κ2) is 7.30. The molecule has 2 nitrogen and oxygen atoms in total. The number of hydrogen-bond acceptors (Lipinski definition) is 2. The van der Waals surface area contributed by atoms with Gasteiger partial charge >= 0.3 is 0 Å². The average molecular weight is 376 g/mol. The molecule has 0 bridgehead atoms. The van der Waals surface area contributed by atoms with Gasteiger partial charge in [-0.2, -0.15) is 0 Å². The second-order valence-electron chi connectivity index (χ2n) is 10.8. The number of aryl methyl sites for hydroxylation is 1. The molecule has 0 saturated heterocycles. The van der Waals surface area contributed by atoms with Gasteiger partial charge in [-0.1, -0.05) is 41.5 Å². The number of fused-ring (bicyclic) bond motifs is 1. The summed E-state index contributed by atoms with van der Waals surface area (Å²) in [4.78, 5) is 15.2. The molecule has 0 aliphatic heterocycles. The van der Waals surface area contributed by atoms with Crippen LogP contribution in [-0.2, 0) is 12.8 Å². The molecule has 2 aliphatic carbocycles. The number of hydrogen-bond donors (Lipinski definition) is 1. The molecule has 2 aliphatic rings. The van der Waals surface area contributed by atoms with Crippen molar-refractivity contribution in [2.24, 2.45) is 22.7 Å². The van der Waals surface area contributed by atoms with Crippen molar-refractivity contribution >= 4 is 17.2 Å². The quantitative estimate of drug-likeness (QED) is 0.652. The fourth-order valence-electron chi connectivity index (χ4n) is 4.74. The first-order chi connectivity index (χ1) is 12.0. The summed E-state index contributed by atoms with van der Waals surface area (Å²) in [5.74, 6) is 1.68. The minimum Gasteiger partial charge on any atom is -0.349 e. The number of nitrogens with one attached hydrogen (secondary N) is 1. The maximum atomic E-state index is 12.8. The van der Waals surface area contributed by atoms with Gasteiger partial charge in [0.05, 0.1) is 4.88 Å². The van der Waals surface area contributed by atoms with E-state index in [4.69, 9.17) is 0 Å². The molecule has 3 heteroatoms. The van der Waals surface area contributed by atoms with Gasteiger partial charge in [-0.3, -0.25) is 4.79 Å². The van der Waals surface area contributed by atoms with E-state index in [1.165, 1.54) is 29.7 Å². The van der Waals surface area contributed by atoms with E-state index >= 15 is 0 Å². The SMILES string of the molecule is CC(C)(C)C1CCC(NC(=O)c2cc3c(s2)CC[C@H](C(C)(C)C)C3)CC1. The van der Waals surface area contributed by atoms with Crippen molar-refractivity contribution in [1.29, 1.82) is 0 Å². The van der Waals surface area contributed by atoms with Gasteiger partial charge in [-0.25, -0.2) is 0 Å². The third-order valence-electron chi connectivity index (χ3n) is 6.82. The summed E-state index contributed by atoms with van der Waals surface area (Å²) < 4.78 is 0. The normalized spacial score (nSPS) is 27.1. The van der Waals surface area contributed by atoms with Crippen molar-refractivity contribution in [3.05, 3.63) is 21.4 Å². The number of thiophene rings is 1. The van der Waals surface area contributed by atoms with Crippen LogP contribution < -0.4 is 5.32 Å². The highest BCUT2D eigenvalue weighted by Gasteiger charge is 2.32. The van der Waals surface area contributed by atoms with Crippen molar-refractivity contribution in [3.63, 3.8) is 0 Å². The molecule has 1 aromatic rings. The molecular weight excluding hydrogens is 338 g/mol. The molecule has 3 rings (SSSR count). The predicted molar refractivity (Wildman–Crippen MR) is 112 cm³/mol. The summed E-state index contributed by atoms with van der Waals surface area (Å²) in [6.07, 6.45) is 8.28. The zero-order chi connectivity index (χ0) is 19.1. The lowest BCUT2D eigenvalue weighted by Gasteiger charge is -2.37. The molecule has 1 amide bonds. The average Bonchev–Trinajstić information content (AvgIpc) is 2.97. The summed E-state index contributed by atoms with van der Waals surface area (Å²) in [5, 5.41) is 3.33. The zero-order valence-corrected chi connectivity index (χ0v) is 18.4. The molecule has 26 heavy (non-hydrogen) atoms. The van der Waals surface area contributed by atoms with Crippen LogP contribution in [0.2, 0.25) is 0 Å².